The van der Waals surface area contributed by atoms with E-state index < -0.39 is 0 Å². The minimum absolute atomic E-state index is 0.0463. The fourth-order valence-electron chi connectivity index (χ4n) is 6.59. The smallest absolute Gasteiger partial charge is 0.236 e. The van der Waals surface area contributed by atoms with Crippen molar-refractivity contribution in [2.75, 3.05) is 51.5 Å². The lowest BCUT2D eigenvalue weighted by atomic mass is 10.00. The molecule has 3 aliphatic heterocycles. The van der Waals surface area contributed by atoms with E-state index in [4.69, 9.17) is 15.6 Å². The number of ether oxygens (including phenoxy) is 1. The molecule has 42 heavy (non-hydrogen) atoms. The molecule has 1 amide bonds. The largest absolute Gasteiger partial charge is 0.457 e. The Morgan fingerprint density at radius 1 is 0.857 bits per heavy atom. The van der Waals surface area contributed by atoms with Gasteiger partial charge in [-0.25, -0.2) is 14.6 Å². The first-order valence-electron chi connectivity index (χ1n) is 15.2. The predicted molar refractivity (Wildman–Crippen MR) is 162 cm³/mol. The summed E-state index contributed by atoms with van der Waals surface area (Å²) in [5.41, 5.74) is 8.66. The Bertz CT molecular complexity index is 1520. The van der Waals surface area contributed by atoms with E-state index in [9.17, 15) is 4.79 Å². The summed E-state index contributed by atoms with van der Waals surface area (Å²) in [5, 5.41) is 5.69. The first-order valence-corrected chi connectivity index (χ1v) is 15.2. The van der Waals surface area contributed by atoms with Crippen molar-refractivity contribution in [2.24, 2.45) is 0 Å². The summed E-state index contributed by atoms with van der Waals surface area (Å²) in [5.74, 6) is 2.11. The third-order valence-corrected chi connectivity index (χ3v) is 9.01. The number of aromatic nitrogens is 4. The molecule has 10 nitrogen and oxygen atoms in total. The number of carbonyl (C=O) groups excluding carboxylic acids is 1. The van der Waals surface area contributed by atoms with E-state index in [1.165, 1.54) is 51.5 Å². The Kier molecular flexibility index (Phi) is 7.48. The first-order chi connectivity index (χ1) is 20.6. The number of piperidine rings is 2. The minimum Gasteiger partial charge on any atom is -0.457 e. The Balaban J connectivity index is 0.998. The fourth-order valence-corrected chi connectivity index (χ4v) is 6.59. The molecule has 7 rings (SSSR count). The maximum atomic E-state index is 13.1. The van der Waals surface area contributed by atoms with Gasteiger partial charge in [0.15, 0.2) is 5.65 Å². The van der Waals surface area contributed by atoms with Gasteiger partial charge >= 0.3 is 0 Å². The van der Waals surface area contributed by atoms with Gasteiger partial charge in [-0.3, -0.25) is 9.69 Å². The summed E-state index contributed by atoms with van der Waals surface area (Å²) in [6.07, 6.45) is 7.84. The molecule has 4 aromatic rings. The van der Waals surface area contributed by atoms with Gasteiger partial charge in [-0.15, -0.1) is 0 Å². The van der Waals surface area contributed by atoms with Gasteiger partial charge < -0.3 is 20.3 Å². The highest BCUT2D eigenvalue weighted by atomic mass is 16.5. The molecule has 2 aromatic heterocycles. The quantitative estimate of drug-likeness (QED) is 0.355. The van der Waals surface area contributed by atoms with Crippen LogP contribution in [0.15, 0.2) is 60.9 Å². The molecular formula is C32H38N8O2. The second-order valence-electron chi connectivity index (χ2n) is 11.7. The molecule has 3 aliphatic rings. The lowest BCUT2D eigenvalue weighted by molar-refractivity contribution is -0.138. The van der Waals surface area contributed by atoms with E-state index in [0.29, 0.717) is 37.1 Å². The van der Waals surface area contributed by atoms with Crippen LogP contribution in [0.3, 0.4) is 0 Å². The maximum Gasteiger partial charge on any atom is 0.236 e. The number of nitrogens with zero attached hydrogens (tertiary/aromatic N) is 7. The second kappa shape index (κ2) is 11.7. The number of rotatable bonds is 7. The van der Waals surface area contributed by atoms with Gasteiger partial charge in [0, 0.05) is 37.8 Å². The lowest BCUT2D eigenvalue weighted by Crippen LogP contribution is -2.55. The van der Waals surface area contributed by atoms with E-state index in [1.54, 1.807) is 0 Å². The molecule has 0 saturated carbocycles. The van der Waals surface area contributed by atoms with Crippen LogP contribution in [0, 0.1) is 0 Å². The van der Waals surface area contributed by atoms with Crippen molar-refractivity contribution in [3.63, 3.8) is 0 Å². The monoisotopic (exact) mass is 566 g/mol. The van der Waals surface area contributed by atoms with Crippen LogP contribution in [-0.2, 0) is 4.79 Å². The molecule has 0 unspecified atom stereocenters. The van der Waals surface area contributed by atoms with Crippen molar-refractivity contribution in [1.29, 1.82) is 0 Å². The molecule has 0 atom stereocenters. The van der Waals surface area contributed by atoms with Gasteiger partial charge in [0.05, 0.1) is 18.0 Å². The molecule has 0 bridgehead atoms. The Morgan fingerprint density at radius 2 is 1.57 bits per heavy atom. The van der Waals surface area contributed by atoms with Crippen molar-refractivity contribution in [3.05, 3.63) is 60.9 Å². The van der Waals surface area contributed by atoms with E-state index >= 15 is 0 Å². The van der Waals surface area contributed by atoms with Crippen molar-refractivity contribution in [3.8, 4) is 22.8 Å². The number of hydrogen-bond donors (Lipinski definition) is 1. The van der Waals surface area contributed by atoms with Crippen LogP contribution in [0.2, 0.25) is 0 Å². The predicted octanol–water partition coefficient (Wildman–Crippen LogP) is 4.20. The number of benzene rings is 2. The van der Waals surface area contributed by atoms with Crippen LogP contribution < -0.4 is 10.5 Å². The van der Waals surface area contributed by atoms with Crippen LogP contribution in [0.25, 0.3) is 22.3 Å². The third kappa shape index (κ3) is 5.44. The molecule has 0 aliphatic carbocycles. The summed E-state index contributed by atoms with van der Waals surface area (Å²) in [6, 6.07) is 18.2. The molecule has 10 heteroatoms. The van der Waals surface area contributed by atoms with Crippen LogP contribution in [0.5, 0.6) is 11.5 Å². The highest BCUT2D eigenvalue weighted by molar-refractivity contribution is 5.98. The number of likely N-dealkylation sites (tertiary alicyclic amines) is 3. The van der Waals surface area contributed by atoms with E-state index in [1.807, 2.05) is 64.2 Å². The fraction of sp³-hybridized carbons (Fsp3) is 0.438. The number of anilines is 1. The molecule has 2 N–H and O–H groups in total. The van der Waals surface area contributed by atoms with Crippen LogP contribution in [0.1, 0.15) is 38.1 Å². The van der Waals surface area contributed by atoms with Gasteiger partial charge in [0.1, 0.15) is 29.3 Å². The van der Waals surface area contributed by atoms with Gasteiger partial charge in [-0.05, 0) is 75.2 Å². The summed E-state index contributed by atoms with van der Waals surface area (Å²) < 4.78 is 7.88. The topological polar surface area (TPSA) is 106 Å². The summed E-state index contributed by atoms with van der Waals surface area (Å²) in [4.78, 5) is 28.9. The normalized spacial score (nSPS) is 19.2. The zero-order chi connectivity index (χ0) is 28.5. The first kappa shape index (κ1) is 26.9. The zero-order valence-electron chi connectivity index (χ0n) is 23.9. The number of carbonyl (C=O) groups is 1. The average Bonchev–Trinajstić information content (AvgIpc) is 3.39. The van der Waals surface area contributed by atoms with E-state index in [2.05, 4.69) is 19.8 Å². The standard InChI is InChI=1S/C32H38N8O2/c33-31-29-30(23-9-11-27(12-10-23)42-26-7-3-1-4-8-26)36-40(32(29)35-22-34-31)25-19-39(20-25)28(41)21-37-17-13-24(14-18-37)38-15-5-2-6-16-38/h1,3-4,7-12,22,24-25H,2,5-6,13-21H2,(H2,33,34,35). The highest BCUT2D eigenvalue weighted by Crippen LogP contribution is 2.35. The third-order valence-electron chi connectivity index (χ3n) is 9.01. The van der Waals surface area contributed by atoms with E-state index in [0.717, 1.165) is 41.2 Å². The molecule has 0 spiro atoms. The van der Waals surface area contributed by atoms with Crippen LogP contribution in [0.4, 0.5) is 5.82 Å². The van der Waals surface area contributed by atoms with Crippen molar-refractivity contribution >= 4 is 22.8 Å². The lowest BCUT2D eigenvalue weighted by Gasteiger charge is -2.42. The molecule has 5 heterocycles. The SMILES string of the molecule is Nc1ncnc2c1c(-c1ccc(Oc3ccccc3)cc1)nn2C1CN(C(=O)CN2CCC(N3CCCCC3)CC2)C1. The zero-order valence-corrected chi connectivity index (χ0v) is 23.9. The van der Waals surface area contributed by atoms with Gasteiger partial charge in [-0.1, -0.05) is 24.6 Å². The molecule has 3 saturated heterocycles. The summed E-state index contributed by atoms with van der Waals surface area (Å²) in [6.45, 7) is 6.23. The number of para-hydroxylation sites is 1. The van der Waals surface area contributed by atoms with Crippen LogP contribution in [-0.4, -0.2) is 92.2 Å². The Labute approximate surface area is 246 Å². The number of nitrogens with two attached hydrogens (primary N) is 1. The average molecular weight is 567 g/mol. The second-order valence-corrected chi connectivity index (χ2v) is 11.7. The van der Waals surface area contributed by atoms with Gasteiger partial charge in [0.25, 0.3) is 0 Å². The van der Waals surface area contributed by atoms with Gasteiger partial charge in [0.2, 0.25) is 5.91 Å². The number of amides is 1. The summed E-state index contributed by atoms with van der Waals surface area (Å²) in [7, 11) is 0. The van der Waals surface area contributed by atoms with Crippen molar-refractivity contribution in [2.45, 2.75) is 44.2 Å². The maximum absolute atomic E-state index is 13.1. The van der Waals surface area contributed by atoms with Crippen LogP contribution >= 0.6 is 0 Å². The Hall–Kier alpha value is -4.02. The van der Waals surface area contributed by atoms with E-state index in [-0.39, 0.29) is 11.9 Å². The molecule has 0 radical (unpaired) electrons. The summed E-state index contributed by atoms with van der Waals surface area (Å²) >= 11 is 0. The van der Waals surface area contributed by atoms with Crippen molar-refractivity contribution in [1.82, 2.24) is 34.4 Å². The highest BCUT2D eigenvalue weighted by Gasteiger charge is 2.36. The molecule has 218 valence electrons. The Morgan fingerprint density at radius 3 is 2.31 bits per heavy atom. The number of nitrogen functional groups attached to an aromatic ring is 1. The molecule has 2 aromatic carbocycles. The van der Waals surface area contributed by atoms with Gasteiger partial charge in [-0.2, -0.15) is 5.10 Å². The minimum atomic E-state index is 0.0463. The number of hydrogen-bond acceptors (Lipinski definition) is 8. The number of fused-ring (bicyclic) bond motifs is 1. The molecule has 3 fully saturated rings. The molecular weight excluding hydrogens is 528 g/mol. The van der Waals surface area contributed by atoms with Crippen molar-refractivity contribution < 1.29 is 9.53 Å².